The molecule has 2 rings (SSSR count). The Morgan fingerprint density at radius 1 is 1.25 bits per heavy atom. The molecule has 1 aromatic rings. The van der Waals surface area contributed by atoms with Crippen LogP contribution in [0.5, 0.6) is 0 Å². The fourth-order valence-corrected chi connectivity index (χ4v) is 1.84. The molecule has 0 aliphatic carbocycles. The van der Waals surface area contributed by atoms with Crippen LogP contribution in [0.25, 0.3) is 0 Å². The number of hydrogen-bond acceptors (Lipinski definition) is 4. The molecule has 0 spiro atoms. The van der Waals surface area contributed by atoms with Gasteiger partial charge in [0, 0.05) is 30.6 Å². The van der Waals surface area contributed by atoms with Gasteiger partial charge in [-0.2, -0.15) is 0 Å². The number of rotatable bonds is 2. The van der Waals surface area contributed by atoms with Crippen LogP contribution in [0.3, 0.4) is 0 Å². The molecule has 0 aromatic carbocycles. The zero-order valence-electron chi connectivity index (χ0n) is 10.5. The largest absolute Gasteiger partial charge is 0.365 e. The van der Waals surface area contributed by atoms with E-state index < -0.39 is 0 Å². The number of anilines is 1. The van der Waals surface area contributed by atoms with E-state index in [4.69, 9.17) is 0 Å². The van der Waals surface area contributed by atoms with Crippen molar-refractivity contribution in [3.05, 3.63) is 17.1 Å². The van der Waals surface area contributed by atoms with Gasteiger partial charge in [0.05, 0.1) is 5.69 Å². The van der Waals surface area contributed by atoms with Crippen LogP contribution in [0.15, 0.2) is 0 Å². The van der Waals surface area contributed by atoms with Crippen LogP contribution >= 0.6 is 0 Å². The molecule has 0 bridgehead atoms. The van der Waals surface area contributed by atoms with Crippen molar-refractivity contribution in [3.8, 4) is 0 Å². The summed E-state index contributed by atoms with van der Waals surface area (Å²) in [4.78, 5) is 9.13. The summed E-state index contributed by atoms with van der Waals surface area (Å²) in [6.07, 6.45) is 0.881. The second-order valence-electron chi connectivity index (χ2n) is 5.25. The summed E-state index contributed by atoms with van der Waals surface area (Å²) in [5, 5.41) is 6.79. The molecule has 0 radical (unpaired) electrons. The maximum Gasteiger partial charge on any atom is 0.134 e. The van der Waals surface area contributed by atoms with Gasteiger partial charge in [0.25, 0.3) is 0 Å². The Balaban J connectivity index is 2.39. The Morgan fingerprint density at radius 2 is 2.00 bits per heavy atom. The van der Waals surface area contributed by atoms with Gasteiger partial charge >= 0.3 is 0 Å². The number of aryl methyl sites for hydroxylation is 1. The van der Waals surface area contributed by atoms with Gasteiger partial charge in [0.15, 0.2) is 0 Å². The highest BCUT2D eigenvalue weighted by Gasteiger charge is 2.21. The molecule has 0 atom stereocenters. The smallest absolute Gasteiger partial charge is 0.134 e. The molecule has 16 heavy (non-hydrogen) atoms. The fraction of sp³-hybridized carbons (Fsp3) is 0.667. The highest BCUT2D eigenvalue weighted by molar-refractivity contribution is 5.49. The highest BCUT2D eigenvalue weighted by Crippen LogP contribution is 2.23. The average molecular weight is 220 g/mol. The number of fused-ring (bicyclic) bond motifs is 1. The molecule has 0 amide bonds. The minimum absolute atomic E-state index is 0.0374. The summed E-state index contributed by atoms with van der Waals surface area (Å²) in [6, 6.07) is 0. The third-order valence-electron chi connectivity index (χ3n) is 2.54. The molecule has 0 unspecified atom stereocenters. The van der Waals surface area contributed by atoms with E-state index in [0.717, 1.165) is 36.8 Å². The van der Waals surface area contributed by atoms with Crippen molar-refractivity contribution in [1.29, 1.82) is 0 Å². The lowest BCUT2D eigenvalue weighted by atomic mass is 10.1. The van der Waals surface area contributed by atoms with Crippen LogP contribution in [0.4, 0.5) is 5.82 Å². The molecule has 1 aromatic heterocycles. The molecular weight excluding hydrogens is 200 g/mol. The van der Waals surface area contributed by atoms with E-state index in [1.807, 2.05) is 0 Å². The Hall–Kier alpha value is -1.16. The van der Waals surface area contributed by atoms with Crippen molar-refractivity contribution in [2.24, 2.45) is 0 Å². The molecule has 0 saturated carbocycles. The van der Waals surface area contributed by atoms with Crippen molar-refractivity contribution in [3.63, 3.8) is 0 Å². The van der Waals surface area contributed by atoms with Crippen LogP contribution < -0.4 is 10.6 Å². The first-order valence-corrected chi connectivity index (χ1v) is 5.87. The number of hydrogen-bond donors (Lipinski definition) is 2. The Labute approximate surface area is 96.9 Å². The lowest BCUT2D eigenvalue weighted by Crippen LogP contribution is -2.28. The Morgan fingerprint density at radius 3 is 2.62 bits per heavy atom. The van der Waals surface area contributed by atoms with E-state index >= 15 is 0 Å². The summed E-state index contributed by atoms with van der Waals surface area (Å²) in [7, 11) is 0. The maximum absolute atomic E-state index is 4.59. The predicted molar refractivity (Wildman–Crippen MR) is 65.3 cm³/mol. The van der Waals surface area contributed by atoms with Gasteiger partial charge in [-0.3, -0.25) is 0 Å². The minimum atomic E-state index is 0.0374. The van der Waals surface area contributed by atoms with E-state index in [-0.39, 0.29) is 5.54 Å². The van der Waals surface area contributed by atoms with Crippen LogP contribution in [0.2, 0.25) is 0 Å². The number of aromatic nitrogens is 2. The summed E-state index contributed by atoms with van der Waals surface area (Å²) in [5.74, 6) is 1.92. The first-order chi connectivity index (χ1) is 7.49. The van der Waals surface area contributed by atoms with E-state index in [9.17, 15) is 0 Å². The molecule has 0 fully saturated rings. The maximum atomic E-state index is 4.59. The average Bonchev–Trinajstić information content (AvgIpc) is 2.63. The molecule has 4 nitrogen and oxygen atoms in total. The first-order valence-electron chi connectivity index (χ1n) is 5.87. The lowest BCUT2D eigenvalue weighted by molar-refractivity contribution is 0.627. The zero-order valence-corrected chi connectivity index (χ0v) is 10.5. The van der Waals surface area contributed by atoms with Crippen molar-refractivity contribution in [2.45, 2.75) is 52.7 Å². The molecule has 1 aliphatic heterocycles. The summed E-state index contributed by atoms with van der Waals surface area (Å²) >= 11 is 0. The topological polar surface area (TPSA) is 49.8 Å². The van der Waals surface area contributed by atoms with Gasteiger partial charge in [-0.05, 0) is 20.8 Å². The zero-order chi connectivity index (χ0) is 11.8. The van der Waals surface area contributed by atoms with Crippen LogP contribution in [0.1, 0.15) is 44.8 Å². The van der Waals surface area contributed by atoms with Crippen molar-refractivity contribution >= 4 is 5.82 Å². The van der Waals surface area contributed by atoms with Crippen LogP contribution in [0, 0.1) is 0 Å². The van der Waals surface area contributed by atoms with Gasteiger partial charge in [-0.25, -0.2) is 9.97 Å². The second kappa shape index (κ2) is 4.01. The standard InChI is InChI=1S/C12H20N4/c1-5-10-14-9-7-13-6-8(9)11(15-10)16-12(2,3)4/h13H,5-7H2,1-4H3,(H,14,15,16). The molecular formula is C12H20N4. The monoisotopic (exact) mass is 220 g/mol. The Bertz CT molecular complexity index is 393. The summed E-state index contributed by atoms with van der Waals surface area (Å²) in [5.41, 5.74) is 2.42. The van der Waals surface area contributed by atoms with Crippen LogP contribution in [-0.4, -0.2) is 15.5 Å². The third kappa shape index (κ3) is 2.32. The fourth-order valence-electron chi connectivity index (χ4n) is 1.84. The van der Waals surface area contributed by atoms with E-state index in [2.05, 4.69) is 48.3 Å². The molecule has 1 aliphatic rings. The lowest BCUT2D eigenvalue weighted by Gasteiger charge is -2.23. The molecule has 2 N–H and O–H groups in total. The molecule has 4 heteroatoms. The molecule has 0 saturated heterocycles. The Kier molecular flexibility index (Phi) is 2.84. The van der Waals surface area contributed by atoms with Gasteiger partial charge in [0.2, 0.25) is 0 Å². The predicted octanol–water partition coefficient (Wildman–Crippen LogP) is 1.85. The van der Waals surface area contributed by atoms with Crippen molar-refractivity contribution in [2.75, 3.05) is 5.32 Å². The van der Waals surface area contributed by atoms with Crippen LogP contribution in [-0.2, 0) is 19.5 Å². The number of nitrogens with one attached hydrogen (secondary N) is 2. The van der Waals surface area contributed by atoms with Crippen molar-refractivity contribution in [1.82, 2.24) is 15.3 Å². The van der Waals surface area contributed by atoms with Gasteiger partial charge in [0.1, 0.15) is 11.6 Å². The SMILES string of the molecule is CCc1nc2c(c(NC(C)(C)C)n1)CNC2. The number of nitrogens with zero attached hydrogens (tertiary/aromatic N) is 2. The summed E-state index contributed by atoms with van der Waals surface area (Å²) in [6.45, 7) is 10.3. The first kappa shape index (κ1) is 11.3. The van der Waals surface area contributed by atoms with Gasteiger partial charge in [-0.15, -0.1) is 0 Å². The van der Waals surface area contributed by atoms with E-state index in [1.54, 1.807) is 0 Å². The van der Waals surface area contributed by atoms with Gasteiger partial charge in [-0.1, -0.05) is 6.92 Å². The van der Waals surface area contributed by atoms with E-state index in [0.29, 0.717) is 0 Å². The molecule has 88 valence electrons. The quantitative estimate of drug-likeness (QED) is 0.798. The minimum Gasteiger partial charge on any atom is -0.365 e. The third-order valence-corrected chi connectivity index (χ3v) is 2.54. The molecule has 2 heterocycles. The second-order valence-corrected chi connectivity index (χ2v) is 5.25. The normalized spacial score (nSPS) is 15.0. The van der Waals surface area contributed by atoms with E-state index in [1.165, 1.54) is 5.56 Å². The summed E-state index contributed by atoms with van der Waals surface area (Å²) < 4.78 is 0. The van der Waals surface area contributed by atoms with Crippen molar-refractivity contribution < 1.29 is 0 Å². The van der Waals surface area contributed by atoms with Gasteiger partial charge < -0.3 is 10.6 Å². The highest BCUT2D eigenvalue weighted by atomic mass is 15.1.